The number of nitrogens with one attached hydrogen (secondary N) is 1. The van der Waals surface area contributed by atoms with Crippen molar-refractivity contribution in [3.63, 3.8) is 0 Å². The van der Waals surface area contributed by atoms with Crippen LogP contribution in [0.1, 0.15) is 17.3 Å². The first kappa shape index (κ1) is 20.0. The van der Waals surface area contributed by atoms with Gasteiger partial charge in [0.25, 0.3) is 5.91 Å². The van der Waals surface area contributed by atoms with Gasteiger partial charge in [0.1, 0.15) is 25.2 Å². The highest BCUT2D eigenvalue weighted by molar-refractivity contribution is 5.94. The number of amides is 1. The summed E-state index contributed by atoms with van der Waals surface area (Å²) in [4.78, 5) is 22.5. The van der Waals surface area contributed by atoms with Crippen LogP contribution in [0.25, 0.3) is 0 Å². The molecule has 134 valence electrons. The zero-order valence-corrected chi connectivity index (χ0v) is 13.8. The lowest BCUT2D eigenvalue weighted by molar-refractivity contribution is -0.122. The lowest BCUT2D eigenvalue weighted by Gasteiger charge is -2.14. The van der Waals surface area contributed by atoms with E-state index in [1.807, 2.05) is 0 Å². The van der Waals surface area contributed by atoms with Crippen LogP contribution in [0.3, 0.4) is 0 Å². The molecule has 0 aliphatic heterocycles. The molecule has 0 aliphatic carbocycles. The predicted molar refractivity (Wildman–Crippen MR) is 88.8 cm³/mol. The van der Waals surface area contributed by atoms with Crippen molar-refractivity contribution in [2.24, 2.45) is 11.5 Å². The molecule has 8 heteroatoms. The normalized spacial score (nSPS) is 11.8. The summed E-state index contributed by atoms with van der Waals surface area (Å²) in [6, 6.07) is 6.74. The van der Waals surface area contributed by atoms with Gasteiger partial charge >= 0.3 is 0 Å². The van der Waals surface area contributed by atoms with E-state index in [1.165, 1.54) is 6.92 Å². The van der Waals surface area contributed by atoms with E-state index in [-0.39, 0.29) is 38.1 Å². The number of benzene rings is 1. The van der Waals surface area contributed by atoms with Crippen molar-refractivity contribution in [3.8, 4) is 5.75 Å². The summed E-state index contributed by atoms with van der Waals surface area (Å²) in [7, 11) is 0. The van der Waals surface area contributed by atoms with E-state index in [9.17, 15) is 9.59 Å². The quantitative estimate of drug-likeness (QED) is 0.351. The summed E-state index contributed by atoms with van der Waals surface area (Å²) in [6.45, 7) is 2.97. The van der Waals surface area contributed by atoms with Gasteiger partial charge in [-0.15, -0.1) is 0 Å². The van der Waals surface area contributed by atoms with Gasteiger partial charge < -0.3 is 31.0 Å². The van der Waals surface area contributed by atoms with Crippen molar-refractivity contribution >= 4 is 11.7 Å². The molecule has 0 saturated heterocycles. The van der Waals surface area contributed by atoms with Crippen molar-refractivity contribution in [2.75, 3.05) is 39.5 Å². The lowest BCUT2D eigenvalue weighted by atomic mass is 10.2. The Kier molecular flexibility index (Phi) is 9.62. The number of carbonyl (C=O) groups is 2. The molecule has 0 aliphatic rings. The third kappa shape index (κ3) is 8.59. The van der Waals surface area contributed by atoms with Gasteiger partial charge in [0.05, 0.1) is 13.2 Å². The Morgan fingerprint density at radius 3 is 2.79 bits per heavy atom. The van der Waals surface area contributed by atoms with Crippen LogP contribution in [-0.4, -0.2) is 57.4 Å². The number of rotatable bonds is 12. The third-order valence-corrected chi connectivity index (χ3v) is 2.81. The first-order valence-electron chi connectivity index (χ1n) is 7.68. The zero-order valence-electron chi connectivity index (χ0n) is 13.8. The monoisotopic (exact) mass is 339 g/mol. The van der Waals surface area contributed by atoms with Crippen LogP contribution >= 0.6 is 0 Å². The number of hydrogen-bond donors (Lipinski definition) is 3. The molecule has 1 amide bonds. The standard InChI is InChI=1S/C16H25N3O5/c1-12(20)10-22-7-8-23-15(18)11-24-14-4-2-3-13(9-14)16(21)19-6-5-17/h2-4,9,15H,5-8,10-11,17-18H2,1H3,(H,19,21). The van der Waals surface area contributed by atoms with E-state index in [0.29, 0.717) is 24.4 Å². The van der Waals surface area contributed by atoms with Crippen LogP contribution in [-0.2, 0) is 14.3 Å². The number of nitrogens with two attached hydrogens (primary N) is 2. The molecule has 24 heavy (non-hydrogen) atoms. The first-order valence-corrected chi connectivity index (χ1v) is 7.68. The van der Waals surface area contributed by atoms with Crippen molar-refractivity contribution in [1.82, 2.24) is 5.32 Å². The molecule has 0 spiro atoms. The van der Waals surface area contributed by atoms with Crippen molar-refractivity contribution < 1.29 is 23.8 Å². The van der Waals surface area contributed by atoms with E-state index >= 15 is 0 Å². The molecule has 1 rings (SSSR count). The second-order valence-corrected chi connectivity index (χ2v) is 5.05. The second kappa shape index (κ2) is 11.5. The average molecular weight is 339 g/mol. The van der Waals surface area contributed by atoms with E-state index < -0.39 is 6.23 Å². The molecule has 5 N–H and O–H groups in total. The molecular weight excluding hydrogens is 314 g/mol. The molecule has 0 heterocycles. The van der Waals surface area contributed by atoms with E-state index in [0.717, 1.165) is 0 Å². The Bertz CT molecular complexity index is 524. The highest BCUT2D eigenvalue weighted by Gasteiger charge is 2.08. The minimum absolute atomic E-state index is 0.0435. The van der Waals surface area contributed by atoms with Gasteiger partial charge in [-0.3, -0.25) is 9.59 Å². The smallest absolute Gasteiger partial charge is 0.251 e. The van der Waals surface area contributed by atoms with Gasteiger partial charge in [-0.05, 0) is 25.1 Å². The summed E-state index contributed by atoms with van der Waals surface area (Å²) < 4.78 is 15.9. The van der Waals surface area contributed by atoms with Gasteiger partial charge in [-0.25, -0.2) is 0 Å². The molecule has 1 aromatic carbocycles. The Morgan fingerprint density at radius 2 is 2.08 bits per heavy atom. The van der Waals surface area contributed by atoms with E-state index in [1.54, 1.807) is 24.3 Å². The van der Waals surface area contributed by atoms with Crippen LogP contribution in [0.15, 0.2) is 24.3 Å². The highest BCUT2D eigenvalue weighted by Crippen LogP contribution is 2.13. The minimum atomic E-state index is -0.638. The van der Waals surface area contributed by atoms with E-state index in [2.05, 4.69) is 5.32 Å². The van der Waals surface area contributed by atoms with Gasteiger partial charge in [0.2, 0.25) is 0 Å². The summed E-state index contributed by atoms with van der Waals surface area (Å²) in [6.07, 6.45) is -0.638. The number of carbonyl (C=O) groups excluding carboxylic acids is 2. The maximum Gasteiger partial charge on any atom is 0.251 e. The van der Waals surface area contributed by atoms with Gasteiger partial charge in [-0.2, -0.15) is 0 Å². The molecule has 1 unspecified atom stereocenters. The van der Waals surface area contributed by atoms with Crippen LogP contribution in [0.4, 0.5) is 0 Å². The average Bonchev–Trinajstić information content (AvgIpc) is 2.57. The van der Waals surface area contributed by atoms with Crippen LogP contribution < -0.4 is 21.5 Å². The van der Waals surface area contributed by atoms with Crippen molar-refractivity contribution in [2.45, 2.75) is 13.2 Å². The molecule has 0 aromatic heterocycles. The second-order valence-electron chi connectivity index (χ2n) is 5.05. The number of Topliss-reactive ketones (excluding diaryl/α,β-unsaturated/α-hetero) is 1. The molecule has 8 nitrogen and oxygen atoms in total. The fourth-order valence-electron chi connectivity index (χ4n) is 1.72. The van der Waals surface area contributed by atoms with Crippen LogP contribution in [0.5, 0.6) is 5.75 Å². The highest BCUT2D eigenvalue weighted by atomic mass is 16.6. The summed E-state index contributed by atoms with van der Waals surface area (Å²) >= 11 is 0. The Hall–Kier alpha value is -2.00. The van der Waals surface area contributed by atoms with Gasteiger partial charge in [0.15, 0.2) is 5.78 Å². The number of hydrogen-bond acceptors (Lipinski definition) is 7. The molecule has 0 radical (unpaired) electrons. The van der Waals surface area contributed by atoms with Gasteiger partial charge in [0, 0.05) is 18.7 Å². The fraction of sp³-hybridized carbons (Fsp3) is 0.500. The molecule has 0 bridgehead atoms. The maximum atomic E-state index is 11.8. The minimum Gasteiger partial charge on any atom is -0.489 e. The molecule has 0 fully saturated rings. The molecule has 0 saturated carbocycles. The van der Waals surface area contributed by atoms with E-state index in [4.69, 9.17) is 25.7 Å². The summed E-state index contributed by atoms with van der Waals surface area (Å²) in [5, 5.41) is 2.68. The van der Waals surface area contributed by atoms with Crippen LogP contribution in [0, 0.1) is 0 Å². The SMILES string of the molecule is CC(=O)COCCOC(N)COc1cccc(C(=O)NCCN)c1. The fourth-order valence-corrected chi connectivity index (χ4v) is 1.72. The van der Waals surface area contributed by atoms with Crippen LogP contribution in [0.2, 0.25) is 0 Å². The van der Waals surface area contributed by atoms with Gasteiger partial charge in [-0.1, -0.05) is 6.07 Å². The zero-order chi connectivity index (χ0) is 17.8. The number of ketones is 1. The molecule has 1 atom stereocenters. The topological polar surface area (TPSA) is 126 Å². The summed E-state index contributed by atoms with van der Waals surface area (Å²) in [5.74, 6) is 0.259. The third-order valence-electron chi connectivity index (χ3n) is 2.81. The number of ether oxygens (including phenoxy) is 3. The van der Waals surface area contributed by atoms with Crippen molar-refractivity contribution in [1.29, 1.82) is 0 Å². The Morgan fingerprint density at radius 1 is 1.29 bits per heavy atom. The largest absolute Gasteiger partial charge is 0.489 e. The Balaban J connectivity index is 2.31. The predicted octanol–water partition coefficient (Wildman–Crippen LogP) is -0.339. The maximum absolute atomic E-state index is 11.8. The molecule has 1 aromatic rings. The Labute approximate surface area is 141 Å². The molecular formula is C16H25N3O5. The van der Waals surface area contributed by atoms with Crippen molar-refractivity contribution in [3.05, 3.63) is 29.8 Å². The lowest BCUT2D eigenvalue weighted by Crippen LogP contribution is -2.32. The summed E-state index contributed by atoms with van der Waals surface area (Å²) in [5.41, 5.74) is 11.6. The first-order chi connectivity index (χ1) is 11.5.